The van der Waals surface area contributed by atoms with Crippen LogP contribution in [0.3, 0.4) is 0 Å². The van der Waals surface area contributed by atoms with E-state index in [0.29, 0.717) is 16.7 Å². The normalized spacial score (nSPS) is 10.9. The van der Waals surface area contributed by atoms with Crippen LogP contribution in [0, 0.1) is 0 Å². The summed E-state index contributed by atoms with van der Waals surface area (Å²) in [5.41, 5.74) is 0.418. The van der Waals surface area contributed by atoms with E-state index >= 15 is 0 Å². The largest absolute Gasteiger partial charge is 0.507 e. The first-order chi connectivity index (χ1) is 10.9. The smallest absolute Gasteiger partial charge is 0.153 e. The Morgan fingerprint density at radius 3 is 2.30 bits per heavy atom. The number of phenolic OH excluding ortho intramolecular Hbond substituents is 3. The fourth-order valence-electron chi connectivity index (χ4n) is 2.52. The maximum Gasteiger partial charge on any atom is 0.153 e. The van der Waals surface area contributed by atoms with Gasteiger partial charge in [0.05, 0.1) is 22.7 Å². The van der Waals surface area contributed by atoms with E-state index < -0.39 is 0 Å². The summed E-state index contributed by atoms with van der Waals surface area (Å²) in [5.74, 6) is -0.0209. The van der Waals surface area contributed by atoms with Crippen LogP contribution >= 0.6 is 23.2 Å². The molecule has 0 unspecified atom stereocenters. The molecular formula is C17H12Cl2O4. The number of halogens is 2. The second-order valence-electron chi connectivity index (χ2n) is 4.96. The predicted molar refractivity (Wildman–Crippen MR) is 91.0 cm³/mol. The second-order valence-corrected chi connectivity index (χ2v) is 5.75. The number of hydrogen-bond donors (Lipinski definition) is 3. The minimum absolute atomic E-state index is 0.0716. The third-order valence-electron chi connectivity index (χ3n) is 3.63. The van der Waals surface area contributed by atoms with Crippen molar-refractivity contribution in [3.63, 3.8) is 0 Å². The number of ether oxygens (including phenoxy) is 1. The highest BCUT2D eigenvalue weighted by molar-refractivity contribution is 6.39. The highest BCUT2D eigenvalue weighted by atomic mass is 35.5. The van der Waals surface area contributed by atoms with Crippen molar-refractivity contribution >= 4 is 34.0 Å². The first-order valence-electron chi connectivity index (χ1n) is 6.64. The van der Waals surface area contributed by atoms with Crippen LogP contribution in [0.15, 0.2) is 36.4 Å². The molecule has 0 aliphatic carbocycles. The molecule has 118 valence electrons. The van der Waals surface area contributed by atoms with Crippen molar-refractivity contribution < 1.29 is 20.1 Å². The van der Waals surface area contributed by atoms with E-state index in [4.69, 9.17) is 27.9 Å². The Morgan fingerprint density at radius 1 is 0.870 bits per heavy atom. The van der Waals surface area contributed by atoms with Crippen LogP contribution in [0.5, 0.6) is 23.0 Å². The molecule has 0 bridgehead atoms. The lowest BCUT2D eigenvalue weighted by atomic mass is 9.96. The Hall–Kier alpha value is -2.30. The van der Waals surface area contributed by atoms with Gasteiger partial charge in [-0.1, -0.05) is 29.3 Å². The summed E-state index contributed by atoms with van der Waals surface area (Å²) in [6, 6.07) is 9.64. The topological polar surface area (TPSA) is 69.9 Å². The number of phenols is 3. The zero-order valence-electron chi connectivity index (χ0n) is 12.0. The van der Waals surface area contributed by atoms with Gasteiger partial charge in [-0.05, 0) is 35.0 Å². The number of fused-ring (bicyclic) bond motifs is 1. The number of benzene rings is 3. The van der Waals surface area contributed by atoms with E-state index in [2.05, 4.69) is 0 Å². The van der Waals surface area contributed by atoms with Crippen LogP contribution in [0.25, 0.3) is 21.9 Å². The molecule has 3 rings (SSSR count). The maximum atomic E-state index is 10.3. The lowest BCUT2D eigenvalue weighted by Gasteiger charge is -2.15. The van der Waals surface area contributed by atoms with Gasteiger partial charge in [0.15, 0.2) is 5.75 Å². The quantitative estimate of drug-likeness (QED) is 0.572. The number of rotatable bonds is 2. The zero-order chi connectivity index (χ0) is 16.7. The molecule has 0 aromatic heterocycles. The first-order valence-corrected chi connectivity index (χ1v) is 7.39. The summed E-state index contributed by atoms with van der Waals surface area (Å²) in [4.78, 5) is 0. The summed E-state index contributed by atoms with van der Waals surface area (Å²) in [6.45, 7) is 0. The molecule has 23 heavy (non-hydrogen) atoms. The van der Waals surface area contributed by atoms with Crippen molar-refractivity contribution in [2.75, 3.05) is 7.11 Å². The maximum absolute atomic E-state index is 10.3. The summed E-state index contributed by atoms with van der Waals surface area (Å²) < 4.78 is 5.19. The molecule has 4 nitrogen and oxygen atoms in total. The third kappa shape index (κ3) is 2.50. The number of hydrogen-bond acceptors (Lipinski definition) is 4. The molecule has 0 heterocycles. The molecule has 0 saturated heterocycles. The average molecular weight is 351 g/mol. The van der Waals surface area contributed by atoms with Gasteiger partial charge in [-0.2, -0.15) is 0 Å². The lowest BCUT2D eigenvalue weighted by molar-refractivity contribution is 0.415. The van der Waals surface area contributed by atoms with Crippen molar-refractivity contribution in [2.24, 2.45) is 0 Å². The van der Waals surface area contributed by atoms with Crippen molar-refractivity contribution in [1.82, 2.24) is 0 Å². The number of aromatic hydroxyl groups is 3. The molecule has 0 aliphatic heterocycles. The van der Waals surface area contributed by atoms with Crippen LogP contribution in [-0.2, 0) is 0 Å². The molecule has 3 N–H and O–H groups in total. The van der Waals surface area contributed by atoms with Crippen molar-refractivity contribution in [3.8, 4) is 34.1 Å². The fourth-order valence-corrected chi connectivity index (χ4v) is 3.06. The van der Waals surface area contributed by atoms with Crippen molar-refractivity contribution in [1.29, 1.82) is 0 Å². The summed E-state index contributed by atoms with van der Waals surface area (Å²) in [6.07, 6.45) is 0. The predicted octanol–water partition coefficient (Wildman–Crippen LogP) is 4.94. The van der Waals surface area contributed by atoms with Gasteiger partial charge >= 0.3 is 0 Å². The van der Waals surface area contributed by atoms with E-state index in [1.807, 2.05) is 0 Å². The van der Waals surface area contributed by atoms with Crippen molar-refractivity contribution in [2.45, 2.75) is 0 Å². The molecule has 3 aromatic carbocycles. The molecule has 0 aliphatic rings. The van der Waals surface area contributed by atoms with E-state index in [9.17, 15) is 15.3 Å². The molecule has 0 radical (unpaired) electrons. The molecule has 6 heteroatoms. The van der Waals surface area contributed by atoms with E-state index in [-0.39, 0.29) is 32.9 Å². The van der Waals surface area contributed by atoms with Crippen LogP contribution in [-0.4, -0.2) is 22.4 Å². The third-order valence-corrected chi connectivity index (χ3v) is 4.28. The molecule has 0 spiro atoms. The zero-order valence-corrected chi connectivity index (χ0v) is 13.5. The SMILES string of the molecule is COc1ccc2c(-c3c(O)cc(Cl)c(O)c3Cl)c(O)ccc2c1. The highest BCUT2D eigenvalue weighted by Crippen LogP contribution is 2.49. The Morgan fingerprint density at radius 2 is 1.61 bits per heavy atom. The highest BCUT2D eigenvalue weighted by Gasteiger charge is 2.21. The Kier molecular flexibility index (Phi) is 3.88. The molecule has 0 amide bonds. The fraction of sp³-hybridized carbons (Fsp3) is 0.0588. The standard InChI is InChI=1S/C17H12Cl2O4/c1-23-9-3-4-10-8(6-9)2-5-12(20)14(10)15-13(21)7-11(18)17(22)16(15)19/h2-7,20-22H,1H3. The molecule has 0 saturated carbocycles. The van der Waals surface area contributed by atoms with E-state index in [0.717, 1.165) is 5.39 Å². The molecule has 3 aromatic rings. The minimum atomic E-state index is -0.356. The summed E-state index contributed by atoms with van der Waals surface area (Å²) >= 11 is 11.9. The van der Waals surface area contributed by atoms with Gasteiger partial charge in [-0.25, -0.2) is 0 Å². The summed E-state index contributed by atoms with van der Waals surface area (Å²) in [5, 5.41) is 31.7. The van der Waals surface area contributed by atoms with Gasteiger partial charge in [0, 0.05) is 11.6 Å². The van der Waals surface area contributed by atoms with Crippen molar-refractivity contribution in [3.05, 3.63) is 46.4 Å². The van der Waals surface area contributed by atoms with Gasteiger partial charge in [0.1, 0.15) is 17.2 Å². The molecule has 0 atom stereocenters. The lowest BCUT2D eigenvalue weighted by Crippen LogP contribution is -1.88. The van der Waals surface area contributed by atoms with E-state index in [1.165, 1.54) is 12.1 Å². The van der Waals surface area contributed by atoms with Crippen LogP contribution in [0.2, 0.25) is 10.0 Å². The van der Waals surface area contributed by atoms with Gasteiger partial charge in [-0.3, -0.25) is 0 Å². The average Bonchev–Trinajstić information content (AvgIpc) is 2.54. The Bertz CT molecular complexity index is 922. The van der Waals surface area contributed by atoms with Gasteiger partial charge in [0.25, 0.3) is 0 Å². The number of methoxy groups -OCH3 is 1. The Balaban J connectivity index is 2.41. The van der Waals surface area contributed by atoms with Gasteiger partial charge < -0.3 is 20.1 Å². The molecular weight excluding hydrogens is 339 g/mol. The minimum Gasteiger partial charge on any atom is -0.507 e. The monoisotopic (exact) mass is 350 g/mol. The molecule has 0 fully saturated rings. The van der Waals surface area contributed by atoms with Crippen LogP contribution in [0.1, 0.15) is 0 Å². The van der Waals surface area contributed by atoms with Crippen LogP contribution < -0.4 is 4.74 Å². The van der Waals surface area contributed by atoms with Gasteiger partial charge in [-0.15, -0.1) is 0 Å². The van der Waals surface area contributed by atoms with E-state index in [1.54, 1.807) is 31.4 Å². The van der Waals surface area contributed by atoms with Gasteiger partial charge in [0.2, 0.25) is 0 Å². The summed E-state index contributed by atoms with van der Waals surface area (Å²) in [7, 11) is 1.56. The van der Waals surface area contributed by atoms with Crippen LogP contribution in [0.4, 0.5) is 0 Å². The second kappa shape index (κ2) is 5.72. The Labute approximate surface area is 142 Å². The first kappa shape index (κ1) is 15.6.